The normalized spacial score (nSPS) is 10.6. The number of para-hydroxylation sites is 1. The lowest BCUT2D eigenvalue weighted by atomic mass is 10.0. The first-order chi connectivity index (χ1) is 16.9. The van der Waals surface area contributed by atoms with Gasteiger partial charge in [-0.05, 0) is 42.3 Å². The van der Waals surface area contributed by atoms with Crippen molar-refractivity contribution in [3.05, 3.63) is 95.1 Å². The number of benzene rings is 3. The molecular formula is C28H24N2O5. The van der Waals surface area contributed by atoms with Crippen molar-refractivity contribution in [3.63, 3.8) is 0 Å². The van der Waals surface area contributed by atoms with Gasteiger partial charge < -0.3 is 14.8 Å². The Bertz CT molecular complexity index is 1390. The second kappa shape index (κ2) is 10.2. The molecule has 1 heterocycles. The summed E-state index contributed by atoms with van der Waals surface area (Å²) >= 11 is 0. The first-order valence-electron chi connectivity index (χ1n) is 11.1. The van der Waals surface area contributed by atoms with E-state index in [2.05, 4.69) is 12.2 Å². The van der Waals surface area contributed by atoms with Crippen LogP contribution in [-0.4, -0.2) is 37.0 Å². The minimum atomic E-state index is -0.640. The molecule has 0 aliphatic carbocycles. The number of aromatic nitrogens is 1. The Labute approximate surface area is 202 Å². The number of nitrogens with zero attached hydrogens (tertiary/aromatic N) is 1. The summed E-state index contributed by atoms with van der Waals surface area (Å²) in [6.07, 6.45) is 0.928. The van der Waals surface area contributed by atoms with E-state index in [4.69, 9.17) is 14.5 Å². The Hall–Kier alpha value is -4.52. The molecule has 7 heteroatoms. The quantitative estimate of drug-likeness (QED) is 0.387. The van der Waals surface area contributed by atoms with E-state index in [9.17, 15) is 14.4 Å². The largest absolute Gasteiger partial charge is 0.465 e. The lowest BCUT2D eigenvalue weighted by molar-refractivity contribution is 0.0599. The molecule has 3 aromatic carbocycles. The van der Waals surface area contributed by atoms with E-state index in [0.29, 0.717) is 22.2 Å². The fraction of sp³-hybridized carbons (Fsp3) is 0.143. The van der Waals surface area contributed by atoms with Crippen LogP contribution in [0.3, 0.4) is 0 Å². The Morgan fingerprint density at radius 3 is 2.06 bits per heavy atom. The van der Waals surface area contributed by atoms with Crippen LogP contribution in [-0.2, 0) is 15.9 Å². The monoisotopic (exact) mass is 468 g/mol. The maximum Gasteiger partial charge on any atom is 0.337 e. The number of hydrogen-bond donors (Lipinski definition) is 1. The zero-order valence-electron chi connectivity index (χ0n) is 19.6. The van der Waals surface area contributed by atoms with Crippen LogP contribution in [0.5, 0.6) is 0 Å². The van der Waals surface area contributed by atoms with Crippen molar-refractivity contribution in [2.24, 2.45) is 0 Å². The summed E-state index contributed by atoms with van der Waals surface area (Å²) in [5.74, 6) is -1.69. The number of anilines is 1. The molecule has 0 fully saturated rings. The molecule has 0 atom stereocenters. The van der Waals surface area contributed by atoms with Crippen molar-refractivity contribution in [2.75, 3.05) is 19.5 Å². The summed E-state index contributed by atoms with van der Waals surface area (Å²) in [7, 11) is 2.48. The van der Waals surface area contributed by atoms with Crippen molar-refractivity contribution >= 4 is 34.4 Å². The molecule has 0 unspecified atom stereocenters. The number of carbonyl (C=O) groups is 3. The Morgan fingerprint density at radius 2 is 1.46 bits per heavy atom. The topological polar surface area (TPSA) is 94.6 Å². The number of pyridine rings is 1. The zero-order chi connectivity index (χ0) is 24.9. The lowest BCUT2D eigenvalue weighted by Gasteiger charge is -2.12. The van der Waals surface area contributed by atoms with Crippen LogP contribution in [0.2, 0.25) is 0 Å². The Morgan fingerprint density at radius 1 is 0.829 bits per heavy atom. The maximum absolute atomic E-state index is 13.4. The van der Waals surface area contributed by atoms with Gasteiger partial charge in [0.1, 0.15) is 0 Å². The molecule has 4 rings (SSSR count). The van der Waals surface area contributed by atoms with E-state index >= 15 is 0 Å². The van der Waals surface area contributed by atoms with E-state index < -0.39 is 17.8 Å². The molecule has 1 N–H and O–H groups in total. The van der Waals surface area contributed by atoms with Crippen LogP contribution in [0.4, 0.5) is 5.69 Å². The number of hydrogen-bond acceptors (Lipinski definition) is 6. The number of methoxy groups -OCH3 is 2. The number of esters is 2. The minimum Gasteiger partial charge on any atom is -0.465 e. The molecule has 0 saturated heterocycles. The number of fused-ring (bicyclic) bond motifs is 1. The highest BCUT2D eigenvalue weighted by molar-refractivity contribution is 6.13. The number of carbonyl (C=O) groups excluding carboxylic acids is 3. The van der Waals surface area contributed by atoms with E-state index in [1.807, 2.05) is 48.5 Å². The molecule has 1 amide bonds. The third-order valence-corrected chi connectivity index (χ3v) is 5.65. The highest BCUT2D eigenvalue weighted by Crippen LogP contribution is 2.27. The van der Waals surface area contributed by atoms with Gasteiger partial charge in [0.25, 0.3) is 5.91 Å². The average Bonchev–Trinajstić information content (AvgIpc) is 2.91. The third kappa shape index (κ3) is 5.04. The molecule has 0 aliphatic rings. The van der Waals surface area contributed by atoms with Crippen LogP contribution in [0.15, 0.2) is 72.8 Å². The molecule has 0 bridgehead atoms. The number of rotatable bonds is 6. The Kier molecular flexibility index (Phi) is 6.87. The molecule has 176 valence electrons. The van der Waals surface area contributed by atoms with Crippen LogP contribution >= 0.6 is 0 Å². The number of ether oxygens (including phenoxy) is 2. The third-order valence-electron chi connectivity index (χ3n) is 5.65. The van der Waals surface area contributed by atoms with Crippen LogP contribution < -0.4 is 5.32 Å². The average molecular weight is 469 g/mol. The molecule has 1 aromatic heterocycles. The standard InChI is InChI=1S/C28H24N2O5/c1-4-17-9-11-18(12-10-17)25-16-23(22-7-5-6-8-24(22)30-25)26(31)29-21-14-19(27(32)34-2)13-20(15-21)28(33)35-3/h5-16H,4H2,1-3H3,(H,29,31). The zero-order valence-corrected chi connectivity index (χ0v) is 19.6. The molecule has 0 spiro atoms. The molecule has 0 aliphatic heterocycles. The van der Waals surface area contributed by atoms with Gasteiger partial charge in [-0.2, -0.15) is 0 Å². The minimum absolute atomic E-state index is 0.113. The summed E-state index contributed by atoms with van der Waals surface area (Å²) in [5, 5.41) is 3.48. The first-order valence-corrected chi connectivity index (χ1v) is 11.1. The summed E-state index contributed by atoms with van der Waals surface area (Å²) in [6.45, 7) is 2.09. The van der Waals surface area contributed by atoms with Gasteiger partial charge in [-0.3, -0.25) is 4.79 Å². The van der Waals surface area contributed by atoms with Gasteiger partial charge in [0.2, 0.25) is 0 Å². The van der Waals surface area contributed by atoms with Gasteiger partial charge in [0, 0.05) is 16.6 Å². The molecule has 7 nitrogen and oxygen atoms in total. The highest BCUT2D eigenvalue weighted by Gasteiger charge is 2.18. The maximum atomic E-state index is 13.4. The van der Waals surface area contributed by atoms with Gasteiger partial charge in [-0.25, -0.2) is 14.6 Å². The summed E-state index contributed by atoms with van der Waals surface area (Å²) < 4.78 is 9.55. The fourth-order valence-corrected chi connectivity index (χ4v) is 3.79. The van der Waals surface area contributed by atoms with Crippen molar-refractivity contribution in [3.8, 4) is 11.3 Å². The van der Waals surface area contributed by atoms with Gasteiger partial charge in [0.15, 0.2) is 0 Å². The number of amides is 1. The molecule has 0 saturated carbocycles. The summed E-state index contributed by atoms with van der Waals surface area (Å²) in [6, 6.07) is 21.4. The van der Waals surface area contributed by atoms with Gasteiger partial charge in [-0.15, -0.1) is 0 Å². The van der Waals surface area contributed by atoms with Gasteiger partial charge in [-0.1, -0.05) is 49.4 Å². The smallest absolute Gasteiger partial charge is 0.337 e. The second-order valence-corrected chi connectivity index (χ2v) is 7.86. The number of nitrogens with one attached hydrogen (secondary N) is 1. The van der Waals surface area contributed by atoms with E-state index in [-0.39, 0.29) is 16.8 Å². The lowest BCUT2D eigenvalue weighted by Crippen LogP contribution is -2.15. The predicted molar refractivity (Wildman–Crippen MR) is 134 cm³/mol. The van der Waals surface area contributed by atoms with Crippen molar-refractivity contribution in [1.29, 1.82) is 0 Å². The summed E-state index contributed by atoms with van der Waals surface area (Å²) in [5.41, 5.74) is 4.33. The van der Waals surface area contributed by atoms with E-state index in [1.54, 1.807) is 6.07 Å². The second-order valence-electron chi connectivity index (χ2n) is 7.86. The molecule has 0 radical (unpaired) electrons. The summed E-state index contributed by atoms with van der Waals surface area (Å²) in [4.78, 5) is 42.4. The van der Waals surface area contributed by atoms with E-state index in [0.717, 1.165) is 12.0 Å². The van der Waals surface area contributed by atoms with Crippen LogP contribution in [0.1, 0.15) is 43.6 Å². The molecule has 35 heavy (non-hydrogen) atoms. The van der Waals surface area contributed by atoms with Gasteiger partial charge >= 0.3 is 11.9 Å². The van der Waals surface area contributed by atoms with Crippen LogP contribution in [0.25, 0.3) is 22.2 Å². The number of aryl methyl sites for hydroxylation is 1. The van der Waals surface area contributed by atoms with Crippen LogP contribution in [0, 0.1) is 0 Å². The van der Waals surface area contributed by atoms with Crippen molar-refractivity contribution in [2.45, 2.75) is 13.3 Å². The van der Waals surface area contributed by atoms with Crippen molar-refractivity contribution < 1.29 is 23.9 Å². The fourth-order valence-electron chi connectivity index (χ4n) is 3.79. The molecular weight excluding hydrogens is 444 g/mol. The SMILES string of the molecule is CCc1ccc(-c2cc(C(=O)Nc3cc(C(=O)OC)cc(C(=O)OC)c3)c3ccccc3n2)cc1. The van der Waals surface area contributed by atoms with Crippen molar-refractivity contribution in [1.82, 2.24) is 4.98 Å². The van der Waals surface area contributed by atoms with Gasteiger partial charge in [0.05, 0.1) is 42.1 Å². The predicted octanol–water partition coefficient (Wildman–Crippen LogP) is 5.29. The Balaban J connectivity index is 1.77. The molecule has 4 aromatic rings. The van der Waals surface area contributed by atoms with E-state index in [1.165, 1.54) is 38.0 Å². The first kappa shape index (κ1) is 23.6. The highest BCUT2D eigenvalue weighted by atomic mass is 16.5.